The van der Waals surface area contributed by atoms with Crippen molar-refractivity contribution in [2.75, 3.05) is 32.8 Å². The average Bonchev–Trinajstić information content (AvgIpc) is 3.12. The van der Waals surface area contributed by atoms with Crippen molar-refractivity contribution < 1.29 is 23.6 Å². The van der Waals surface area contributed by atoms with Crippen LogP contribution in [-0.2, 0) is 9.47 Å². The number of hydrazone groups is 1. The van der Waals surface area contributed by atoms with Crippen molar-refractivity contribution in [1.82, 2.24) is 9.91 Å². The molecular weight excluding hydrogens is 320 g/mol. The predicted octanol–water partition coefficient (Wildman–Crippen LogP) is 1.06. The van der Waals surface area contributed by atoms with Gasteiger partial charge in [0, 0.05) is 19.6 Å². The van der Waals surface area contributed by atoms with Gasteiger partial charge in [0.15, 0.2) is 5.76 Å². The number of amides is 1. The third-order valence-electron chi connectivity index (χ3n) is 3.76. The first-order valence-corrected chi connectivity index (χ1v) is 7.61. The molecule has 10 nitrogen and oxygen atoms in total. The zero-order chi connectivity index (χ0) is 17.1. The average molecular weight is 338 g/mol. The fourth-order valence-electron chi connectivity index (χ4n) is 2.68. The van der Waals surface area contributed by atoms with Gasteiger partial charge in [0.25, 0.3) is 0 Å². The summed E-state index contributed by atoms with van der Waals surface area (Å²) in [7, 11) is 0. The normalized spacial score (nSPS) is 25.4. The monoisotopic (exact) mass is 338 g/mol. The number of nitro groups is 1. The Morgan fingerprint density at radius 2 is 2.29 bits per heavy atom. The maximum Gasteiger partial charge on any atom is 0.433 e. The van der Waals surface area contributed by atoms with E-state index in [1.807, 2.05) is 6.92 Å². The molecule has 1 amide bonds. The van der Waals surface area contributed by atoms with Gasteiger partial charge in [-0.1, -0.05) is 0 Å². The van der Waals surface area contributed by atoms with Crippen LogP contribution in [0.25, 0.3) is 0 Å². The Balaban J connectivity index is 1.54. The highest BCUT2D eigenvalue weighted by Gasteiger charge is 2.33. The summed E-state index contributed by atoms with van der Waals surface area (Å²) in [5.74, 6) is -0.181. The summed E-state index contributed by atoms with van der Waals surface area (Å²) in [6.07, 6.45) is 0.609. The van der Waals surface area contributed by atoms with Crippen LogP contribution in [0.5, 0.6) is 0 Å². The molecule has 0 saturated carbocycles. The van der Waals surface area contributed by atoms with E-state index in [1.165, 1.54) is 23.4 Å². The van der Waals surface area contributed by atoms with Crippen molar-refractivity contribution in [2.24, 2.45) is 5.10 Å². The summed E-state index contributed by atoms with van der Waals surface area (Å²) in [6.45, 7) is 5.22. The molecule has 1 aromatic rings. The van der Waals surface area contributed by atoms with Gasteiger partial charge < -0.3 is 13.9 Å². The number of hydrogen-bond donors (Lipinski definition) is 0. The number of furan rings is 1. The Morgan fingerprint density at radius 1 is 1.46 bits per heavy atom. The summed E-state index contributed by atoms with van der Waals surface area (Å²) in [4.78, 5) is 23.9. The smallest absolute Gasteiger partial charge is 0.433 e. The van der Waals surface area contributed by atoms with Gasteiger partial charge in [0.1, 0.15) is 11.0 Å². The second-order valence-electron chi connectivity index (χ2n) is 5.71. The van der Waals surface area contributed by atoms with Crippen LogP contribution < -0.4 is 0 Å². The fraction of sp³-hybridized carbons (Fsp3) is 0.571. The minimum Gasteiger partial charge on any atom is -0.441 e. The Hall–Kier alpha value is -2.46. The van der Waals surface area contributed by atoms with Crippen LogP contribution in [-0.4, -0.2) is 72.1 Å². The molecule has 130 valence electrons. The number of carbonyl (C=O) groups is 1. The molecule has 0 bridgehead atoms. The number of ether oxygens (including phenoxy) is 2. The lowest BCUT2D eigenvalue weighted by Gasteiger charge is -2.31. The number of rotatable bonds is 5. The van der Waals surface area contributed by atoms with Gasteiger partial charge in [0.2, 0.25) is 0 Å². The number of morpholine rings is 1. The van der Waals surface area contributed by atoms with Crippen LogP contribution in [0.4, 0.5) is 10.7 Å². The van der Waals surface area contributed by atoms with E-state index in [9.17, 15) is 14.9 Å². The third kappa shape index (κ3) is 3.89. The predicted molar refractivity (Wildman–Crippen MR) is 81.8 cm³/mol. The van der Waals surface area contributed by atoms with Crippen LogP contribution in [0.2, 0.25) is 0 Å². The van der Waals surface area contributed by atoms with Crippen molar-refractivity contribution in [1.29, 1.82) is 0 Å². The molecule has 0 radical (unpaired) electrons. The number of carbonyl (C=O) groups excluding carboxylic acids is 1. The van der Waals surface area contributed by atoms with Gasteiger partial charge in [0.05, 0.1) is 31.5 Å². The largest absolute Gasteiger partial charge is 0.441 e. The Labute approximate surface area is 137 Å². The molecule has 2 aliphatic rings. The quantitative estimate of drug-likeness (QED) is 0.448. The molecular formula is C14H18N4O6. The van der Waals surface area contributed by atoms with Crippen LogP contribution in [0.3, 0.4) is 0 Å². The van der Waals surface area contributed by atoms with E-state index in [0.717, 1.165) is 13.1 Å². The minimum atomic E-state index is -0.638. The van der Waals surface area contributed by atoms with E-state index in [1.54, 1.807) is 0 Å². The molecule has 2 saturated heterocycles. The fourth-order valence-corrected chi connectivity index (χ4v) is 2.68. The third-order valence-corrected chi connectivity index (χ3v) is 3.76. The van der Waals surface area contributed by atoms with Gasteiger partial charge >= 0.3 is 12.0 Å². The number of nitrogens with zero attached hydrogens (tertiary/aromatic N) is 4. The number of cyclic esters (lactones) is 1. The van der Waals surface area contributed by atoms with E-state index in [4.69, 9.17) is 13.9 Å². The van der Waals surface area contributed by atoms with Crippen LogP contribution in [0.1, 0.15) is 12.7 Å². The SMILES string of the molecule is CC1CN(CC2CN(/N=C\c3ccc([N+](=O)[O-])o3)C(=O)O2)CCO1. The van der Waals surface area contributed by atoms with Crippen molar-refractivity contribution in [3.8, 4) is 0 Å². The highest BCUT2D eigenvalue weighted by atomic mass is 16.6. The van der Waals surface area contributed by atoms with Gasteiger partial charge in [-0.3, -0.25) is 15.0 Å². The summed E-state index contributed by atoms with van der Waals surface area (Å²) in [5, 5.41) is 15.7. The van der Waals surface area contributed by atoms with Crippen molar-refractivity contribution in [3.63, 3.8) is 0 Å². The molecule has 10 heteroatoms. The van der Waals surface area contributed by atoms with Crippen LogP contribution in [0, 0.1) is 10.1 Å². The zero-order valence-corrected chi connectivity index (χ0v) is 13.2. The summed E-state index contributed by atoms with van der Waals surface area (Å²) < 4.78 is 15.7. The number of hydrogen-bond acceptors (Lipinski definition) is 8. The first-order valence-electron chi connectivity index (χ1n) is 7.61. The molecule has 2 fully saturated rings. The van der Waals surface area contributed by atoms with E-state index < -0.39 is 11.0 Å². The molecule has 0 aromatic carbocycles. The lowest BCUT2D eigenvalue weighted by Crippen LogP contribution is -2.45. The Kier molecular flexibility index (Phi) is 4.76. The van der Waals surface area contributed by atoms with Gasteiger partial charge in [-0.2, -0.15) is 10.1 Å². The molecule has 2 aliphatic heterocycles. The molecule has 3 rings (SSSR count). The van der Waals surface area contributed by atoms with Gasteiger partial charge in [-0.15, -0.1) is 0 Å². The first kappa shape index (κ1) is 16.4. The molecule has 0 aliphatic carbocycles. The molecule has 2 unspecified atom stereocenters. The molecule has 2 atom stereocenters. The van der Waals surface area contributed by atoms with Crippen LogP contribution in [0.15, 0.2) is 21.7 Å². The van der Waals surface area contributed by atoms with E-state index in [-0.39, 0.29) is 23.9 Å². The molecule has 3 heterocycles. The molecule has 0 N–H and O–H groups in total. The maximum atomic E-state index is 11.8. The topological polar surface area (TPSA) is 111 Å². The van der Waals surface area contributed by atoms with Crippen molar-refractivity contribution >= 4 is 18.2 Å². The second-order valence-corrected chi connectivity index (χ2v) is 5.71. The van der Waals surface area contributed by atoms with Crippen molar-refractivity contribution in [3.05, 3.63) is 28.0 Å². The summed E-state index contributed by atoms with van der Waals surface area (Å²) in [6, 6.07) is 2.64. The van der Waals surface area contributed by atoms with E-state index in [2.05, 4.69) is 10.0 Å². The second kappa shape index (κ2) is 6.97. The lowest BCUT2D eigenvalue weighted by atomic mass is 10.2. The molecule has 1 aromatic heterocycles. The van der Waals surface area contributed by atoms with Gasteiger partial charge in [-0.05, 0) is 13.0 Å². The van der Waals surface area contributed by atoms with Gasteiger partial charge in [-0.25, -0.2) is 4.79 Å². The Morgan fingerprint density at radius 3 is 3.00 bits per heavy atom. The summed E-state index contributed by atoms with van der Waals surface area (Å²) >= 11 is 0. The zero-order valence-electron chi connectivity index (χ0n) is 13.2. The molecule has 0 spiro atoms. The van der Waals surface area contributed by atoms with E-state index >= 15 is 0 Å². The molecule has 24 heavy (non-hydrogen) atoms. The first-order chi connectivity index (χ1) is 11.5. The minimum absolute atomic E-state index is 0.166. The lowest BCUT2D eigenvalue weighted by molar-refractivity contribution is -0.402. The van der Waals surface area contributed by atoms with Crippen LogP contribution >= 0.6 is 0 Å². The highest BCUT2D eigenvalue weighted by Crippen LogP contribution is 2.17. The highest BCUT2D eigenvalue weighted by molar-refractivity contribution is 5.78. The van der Waals surface area contributed by atoms with Crippen molar-refractivity contribution in [2.45, 2.75) is 19.1 Å². The summed E-state index contributed by atoms with van der Waals surface area (Å²) in [5.41, 5.74) is 0. The maximum absolute atomic E-state index is 11.8. The Bertz CT molecular complexity index is 645. The van der Waals surface area contributed by atoms with E-state index in [0.29, 0.717) is 19.7 Å². The standard InChI is InChI=1S/C14H18N4O6/c1-10-7-16(4-5-22-10)8-12-9-17(14(19)24-12)15-6-11-2-3-13(23-11)18(20)21/h2-3,6,10,12H,4-5,7-9H2,1H3/b15-6-.